The average Bonchev–Trinajstić information content (AvgIpc) is 3.64. The maximum atomic E-state index is 14.6. The number of carboxylic acids is 1. The number of aromatic carboxylic acids is 1. The van der Waals surface area contributed by atoms with Crippen molar-refractivity contribution in [3.63, 3.8) is 0 Å². The van der Waals surface area contributed by atoms with Crippen molar-refractivity contribution in [1.82, 2.24) is 4.90 Å². The highest BCUT2D eigenvalue weighted by Crippen LogP contribution is 2.37. The van der Waals surface area contributed by atoms with Crippen molar-refractivity contribution in [2.24, 2.45) is 0 Å². The number of carbonyl (C=O) groups excluding carboxylic acids is 1. The number of carboxylic acid groups (broad SMARTS) is 1. The third kappa shape index (κ3) is 6.41. The molecule has 6 rings (SSSR count). The highest BCUT2D eigenvalue weighted by Gasteiger charge is 2.31. The Morgan fingerprint density at radius 1 is 0.978 bits per heavy atom. The van der Waals surface area contributed by atoms with E-state index in [1.54, 1.807) is 37.3 Å². The molecule has 1 saturated heterocycles. The van der Waals surface area contributed by atoms with E-state index in [-0.39, 0.29) is 22.2 Å². The zero-order chi connectivity index (χ0) is 32.6. The van der Waals surface area contributed by atoms with Gasteiger partial charge in [-0.05, 0) is 99.7 Å². The highest BCUT2D eigenvalue weighted by molar-refractivity contribution is 9.10. The number of anilines is 2. The fraction of sp³-hybridized carbons (Fsp3) is 0.212. The Balaban J connectivity index is 1.35. The fourth-order valence-corrected chi connectivity index (χ4v) is 9.79. The van der Waals surface area contributed by atoms with Gasteiger partial charge in [0.2, 0.25) is 0 Å². The number of rotatable bonds is 9. The van der Waals surface area contributed by atoms with Crippen LogP contribution >= 0.6 is 50.2 Å². The summed E-state index contributed by atoms with van der Waals surface area (Å²) in [5.41, 5.74) is 2.77. The van der Waals surface area contributed by atoms with Crippen LogP contribution in [0.15, 0.2) is 87.5 Å². The minimum atomic E-state index is -4.10. The van der Waals surface area contributed by atoms with Gasteiger partial charge in [-0.1, -0.05) is 35.9 Å². The predicted molar refractivity (Wildman–Crippen MR) is 190 cm³/mol. The topological polar surface area (TPSA) is 98.2 Å². The van der Waals surface area contributed by atoms with Crippen LogP contribution in [0.2, 0.25) is 5.02 Å². The summed E-state index contributed by atoms with van der Waals surface area (Å²) < 4.78 is 32.1. The second kappa shape index (κ2) is 13.4. The van der Waals surface area contributed by atoms with Crippen LogP contribution in [0.3, 0.4) is 0 Å². The van der Waals surface area contributed by atoms with Gasteiger partial charge in [0.05, 0.1) is 16.3 Å². The number of hydrogen-bond acceptors (Lipinski definition) is 7. The molecular weight excluding hydrogens is 730 g/mol. The molecule has 5 aromatic rings. The molecule has 0 atom stereocenters. The van der Waals surface area contributed by atoms with Crippen molar-refractivity contribution in [3.8, 4) is 0 Å². The Morgan fingerprint density at radius 3 is 2.37 bits per heavy atom. The molecule has 1 fully saturated rings. The van der Waals surface area contributed by atoms with Crippen molar-refractivity contribution in [1.29, 1.82) is 0 Å². The number of amides is 1. The van der Waals surface area contributed by atoms with Crippen LogP contribution in [-0.2, 0) is 16.4 Å². The molecule has 238 valence electrons. The van der Waals surface area contributed by atoms with Gasteiger partial charge in [-0.25, -0.2) is 13.2 Å². The van der Waals surface area contributed by atoms with Gasteiger partial charge in [-0.15, -0.1) is 22.7 Å². The third-order valence-electron chi connectivity index (χ3n) is 8.08. The molecule has 0 bridgehead atoms. The zero-order valence-corrected chi connectivity index (χ0v) is 29.4. The van der Waals surface area contributed by atoms with Gasteiger partial charge >= 0.3 is 5.97 Å². The van der Waals surface area contributed by atoms with Crippen LogP contribution in [0.5, 0.6) is 0 Å². The first-order valence-corrected chi connectivity index (χ1v) is 18.7. The standard InChI is InChI=1S/C33H29BrClN3O5S3/c1-21-25-20-24(10-11-29(25)45-30(21)33(40)41)46(42,43)38(14-12-22-6-8-23(35)9-7-22)28-5-3-2-4-27(28)36-15-17-37(18-16-36)32(39)31-26(34)13-19-44-31/h2-11,13,19-20H,12,14-18H2,1H3,(H,40,41). The fourth-order valence-electron chi connectivity index (χ4n) is 5.63. The summed E-state index contributed by atoms with van der Waals surface area (Å²) >= 11 is 12.1. The molecule has 3 heterocycles. The first-order chi connectivity index (χ1) is 22.0. The van der Waals surface area contributed by atoms with E-state index in [2.05, 4.69) is 20.8 Å². The molecule has 46 heavy (non-hydrogen) atoms. The maximum Gasteiger partial charge on any atom is 0.346 e. The van der Waals surface area contributed by atoms with Crippen molar-refractivity contribution < 1.29 is 23.1 Å². The minimum absolute atomic E-state index is 0.0212. The first-order valence-electron chi connectivity index (χ1n) is 14.4. The largest absolute Gasteiger partial charge is 0.477 e. The van der Waals surface area contributed by atoms with E-state index in [9.17, 15) is 23.1 Å². The van der Waals surface area contributed by atoms with Crippen molar-refractivity contribution in [2.45, 2.75) is 18.2 Å². The summed E-state index contributed by atoms with van der Waals surface area (Å²) in [6.45, 7) is 3.93. The van der Waals surface area contributed by atoms with Gasteiger partial charge in [0.15, 0.2) is 0 Å². The summed E-state index contributed by atoms with van der Waals surface area (Å²) in [6.07, 6.45) is 0.436. The van der Waals surface area contributed by atoms with E-state index in [0.717, 1.165) is 27.1 Å². The Labute approximate surface area is 288 Å². The molecule has 0 unspecified atom stereocenters. The van der Waals surface area contributed by atoms with E-state index < -0.39 is 16.0 Å². The van der Waals surface area contributed by atoms with Crippen molar-refractivity contribution in [2.75, 3.05) is 41.9 Å². The van der Waals surface area contributed by atoms with E-state index in [1.165, 1.54) is 15.6 Å². The number of fused-ring (bicyclic) bond motifs is 1. The van der Waals surface area contributed by atoms with Gasteiger partial charge in [-0.3, -0.25) is 9.10 Å². The van der Waals surface area contributed by atoms with Gasteiger partial charge in [0.1, 0.15) is 9.75 Å². The molecule has 1 amide bonds. The van der Waals surface area contributed by atoms with E-state index >= 15 is 0 Å². The number of carbonyl (C=O) groups is 2. The van der Waals surface area contributed by atoms with E-state index in [0.29, 0.717) is 63.8 Å². The number of aryl methyl sites for hydroxylation is 1. The van der Waals surface area contributed by atoms with Crippen LogP contribution in [0.25, 0.3) is 10.1 Å². The van der Waals surface area contributed by atoms with Gasteiger partial charge in [0.25, 0.3) is 15.9 Å². The molecule has 13 heteroatoms. The Bertz CT molecular complexity index is 2040. The number of piperazine rings is 1. The number of para-hydroxylation sites is 2. The number of halogens is 2. The smallest absolute Gasteiger partial charge is 0.346 e. The normalized spacial score (nSPS) is 13.7. The molecule has 8 nitrogen and oxygen atoms in total. The molecule has 1 aliphatic heterocycles. The van der Waals surface area contributed by atoms with Gasteiger partial charge in [0, 0.05) is 46.9 Å². The Morgan fingerprint density at radius 2 is 1.70 bits per heavy atom. The third-order valence-corrected chi connectivity index (χ3v) is 13.2. The molecule has 3 aromatic carbocycles. The summed E-state index contributed by atoms with van der Waals surface area (Å²) in [6, 6.07) is 21.4. The molecular formula is C33H29BrClN3O5S3. The summed E-state index contributed by atoms with van der Waals surface area (Å²) in [7, 11) is -4.10. The SMILES string of the molecule is Cc1c(C(=O)O)sc2ccc(S(=O)(=O)N(CCc3ccc(Cl)cc3)c3ccccc3N3CCN(C(=O)c4sccc4Br)CC3)cc12. The Kier molecular flexibility index (Phi) is 9.45. The molecule has 2 aromatic heterocycles. The second-order valence-corrected chi connectivity index (χ2v) is 16.0. The maximum absolute atomic E-state index is 14.6. The quantitative estimate of drug-likeness (QED) is 0.165. The minimum Gasteiger partial charge on any atom is -0.477 e. The second-order valence-electron chi connectivity index (χ2n) is 10.8. The lowest BCUT2D eigenvalue weighted by atomic mass is 10.1. The van der Waals surface area contributed by atoms with Gasteiger partial charge in [-0.2, -0.15) is 0 Å². The number of thiophene rings is 2. The highest BCUT2D eigenvalue weighted by atomic mass is 79.9. The average molecular weight is 759 g/mol. The van der Waals surface area contributed by atoms with Crippen LogP contribution < -0.4 is 9.21 Å². The lowest BCUT2D eigenvalue weighted by Crippen LogP contribution is -2.49. The van der Waals surface area contributed by atoms with Crippen LogP contribution in [-0.4, -0.2) is 63.0 Å². The lowest BCUT2D eigenvalue weighted by Gasteiger charge is -2.38. The molecule has 0 spiro atoms. The number of nitrogens with zero attached hydrogens (tertiary/aromatic N) is 3. The van der Waals surface area contributed by atoms with E-state index in [1.807, 2.05) is 52.7 Å². The van der Waals surface area contributed by atoms with Crippen LogP contribution in [0, 0.1) is 6.92 Å². The van der Waals surface area contributed by atoms with E-state index in [4.69, 9.17) is 11.6 Å². The molecule has 1 aliphatic rings. The van der Waals surface area contributed by atoms with Crippen molar-refractivity contribution in [3.05, 3.63) is 109 Å². The molecule has 0 radical (unpaired) electrons. The number of sulfonamides is 1. The summed E-state index contributed by atoms with van der Waals surface area (Å²) in [5.74, 6) is -1.06. The molecule has 1 N–H and O–H groups in total. The zero-order valence-electron chi connectivity index (χ0n) is 24.7. The van der Waals surface area contributed by atoms with Gasteiger partial charge < -0.3 is 14.9 Å². The molecule has 0 saturated carbocycles. The number of hydrogen-bond donors (Lipinski definition) is 1. The Hall–Kier alpha value is -3.42. The van der Waals surface area contributed by atoms with Crippen molar-refractivity contribution >= 4 is 93.6 Å². The summed E-state index contributed by atoms with van der Waals surface area (Å²) in [5, 5.41) is 12.7. The summed E-state index contributed by atoms with van der Waals surface area (Å²) in [4.78, 5) is 29.8. The monoisotopic (exact) mass is 757 g/mol. The first kappa shape index (κ1) is 32.5. The molecule has 0 aliphatic carbocycles. The van der Waals surface area contributed by atoms with Crippen LogP contribution in [0.1, 0.15) is 30.5 Å². The lowest BCUT2D eigenvalue weighted by molar-refractivity contribution is 0.0700. The predicted octanol–water partition coefficient (Wildman–Crippen LogP) is 7.79. The number of benzene rings is 3. The van der Waals surface area contributed by atoms with Crippen LogP contribution in [0.4, 0.5) is 11.4 Å².